The molecule has 0 atom stereocenters. The number of esters is 1. The second-order valence-electron chi connectivity index (χ2n) is 4.57. The van der Waals surface area contributed by atoms with Crippen molar-refractivity contribution in [2.45, 2.75) is 6.92 Å². The van der Waals surface area contributed by atoms with Crippen molar-refractivity contribution in [3.8, 4) is 11.5 Å². The van der Waals surface area contributed by atoms with Crippen molar-refractivity contribution >= 4 is 40.9 Å². The zero-order valence-electron chi connectivity index (χ0n) is 12.4. The quantitative estimate of drug-likeness (QED) is 0.470. The number of hydrogen-bond acceptors (Lipinski definition) is 4. The summed E-state index contributed by atoms with van der Waals surface area (Å²) >= 11 is 12.4. The SMILES string of the molecule is CCOC(=O)C=Cc1cc(Cl)c(Oc2ccc(N)cc2)c(Cl)c1. The van der Waals surface area contributed by atoms with Gasteiger partial charge in [0.25, 0.3) is 0 Å². The molecule has 4 nitrogen and oxygen atoms in total. The Balaban J connectivity index is 2.20. The van der Waals surface area contributed by atoms with E-state index in [2.05, 4.69) is 0 Å². The van der Waals surface area contributed by atoms with Crippen LogP contribution in [-0.2, 0) is 9.53 Å². The molecule has 6 heteroatoms. The molecule has 0 aliphatic rings. The van der Waals surface area contributed by atoms with Gasteiger partial charge in [-0.25, -0.2) is 4.79 Å². The maximum atomic E-state index is 11.3. The molecule has 0 heterocycles. The van der Waals surface area contributed by atoms with Crippen LogP contribution in [0, 0.1) is 0 Å². The lowest BCUT2D eigenvalue weighted by molar-refractivity contribution is -0.137. The van der Waals surface area contributed by atoms with Crippen LogP contribution < -0.4 is 10.5 Å². The number of carbonyl (C=O) groups is 1. The largest absolute Gasteiger partial charge is 0.463 e. The molecule has 0 bridgehead atoms. The second kappa shape index (κ2) is 7.90. The van der Waals surface area contributed by atoms with Crippen molar-refractivity contribution in [2.75, 3.05) is 12.3 Å². The average molecular weight is 352 g/mol. The molecule has 2 aromatic carbocycles. The Morgan fingerprint density at radius 3 is 2.35 bits per heavy atom. The van der Waals surface area contributed by atoms with Crippen LogP contribution in [0.5, 0.6) is 11.5 Å². The Bertz CT molecular complexity index is 704. The lowest BCUT2D eigenvalue weighted by Gasteiger charge is -2.10. The van der Waals surface area contributed by atoms with Gasteiger partial charge in [-0.2, -0.15) is 0 Å². The van der Waals surface area contributed by atoms with E-state index >= 15 is 0 Å². The molecule has 0 aliphatic carbocycles. The van der Waals surface area contributed by atoms with Crippen LogP contribution in [0.15, 0.2) is 42.5 Å². The topological polar surface area (TPSA) is 61.5 Å². The monoisotopic (exact) mass is 351 g/mol. The lowest BCUT2D eigenvalue weighted by Crippen LogP contribution is -1.98. The van der Waals surface area contributed by atoms with Crippen molar-refractivity contribution in [1.29, 1.82) is 0 Å². The fraction of sp³-hybridized carbons (Fsp3) is 0.118. The first kappa shape index (κ1) is 17.2. The predicted molar refractivity (Wildman–Crippen MR) is 93.1 cm³/mol. The molecule has 120 valence electrons. The zero-order valence-corrected chi connectivity index (χ0v) is 13.9. The Kier molecular flexibility index (Phi) is 5.90. The van der Waals surface area contributed by atoms with Crippen LogP contribution >= 0.6 is 23.2 Å². The number of hydrogen-bond donors (Lipinski definition) is 1. The molecule has 2 aromatic rings. The molecule has 0 saturated carbocycles. The van der Waals surface area contributed by atoms with Gasteiger partial charge >= 0.3 is 5.97 Å². The number of carbonyl (C=O) groups excluding carboxylic acids is 1. The summed E-state index contributed by atoms with van der Waals surface area (Å²) < 4.78 is 10.5. The van der Waals surface area contributed by atoms with Crippen LogP contribution in [0.3, 0.4) is 0 Å². The van der Waals surface area contributed by atoms with E-state index in [9.17, 15) is 4.79 Å². The number of anilines is 1. The average Bonchev–Trinajstić information content (AvgIpc) is 2.51. The van der Waals surface area contributed by atoms with Gasteiger partial charge in [0.2, 0.25) is 0 Å². The number of nitrogen functional groups attached to an aromatic ring is 1. The molecule has 23 heavy (non-hydrogen) atoms. The molecule has 0 fully saturated rings. The molecule has 0 aliphatic heterocycles. The Morgan fingerprint density at radius 1 is 1.17 bits per heavy atom. The van der Waals surface area contributed by atoms with Gasteiger partial charge in [0.05, 0.1) is 16.7 Å². The van der Waals surface area contributed by atoms with Crippen LogP contribution in [0.1, 0.15) is 12.5 Å². The number of nitrogens with two attached hydrogens (primary N) is 1. The van der Waals surface area contributed by atoms with E-state index < -0.39 is 5.97 Å². The highest BCUT2D eigenvalue weighted by atomic mass is 35.5. The minimum Gasteiger partial charge on any atom is -0.463 e. The van der Waals surface area contributed by atoms with Gasteiger partial charge in [-0.3, -0.25) is 0 Å². The fourth-order valence-corrected chi connectivity index (χ4v) is 2.36. The van der Waals surface area contributed by atoms with Crippen LogP contribution in [0.2, 0.25) is 10.0 Å². The first-order valence-electron chi connectivity index (χ1n) is 6.87. The van der Waals surface area contributed by atoms with Gasteiger partial charge < -0.3 is 15.2 Å². The van der Waals surface area contributed by atoms with Crippen molar-refractivity contribution in [3.05, 3.63) is 58.1 Å². The molecule has 0 spiro atoms. The number of rotatable bonds is 5. The number of benzene rings is 2. The van der Waals surface area contributed by atoms with Crippen molar-refractivity contribution in [2.24, 2.45) is 0 Å². The van der Waals surface area contributed by atoms with Gasteiger partial charge in [0.1, 0.15) is 5.75 Å². The van der Waals surface area contributed by atoms with E-state index in [0.717, 1.165) is 0 Å². The van der Waals surface area contributed by atoms with Gasteiger partial charge in [-0.05, 0) is 55.0 Å². The third-order valence-corrected chi connectivity index (χ3v) is 3.38. The Morgan fingerprint density at radius 2 is 1.78 bits per heavy atom. The smallest absolute Gasteiger partial charge is 0.330 e. The molecule has 0 radical (unpaired) electrons. The highest BCUT2D eigenvalue weighted by Crippen LogP contribution is 2.37. The molecule has 0 aromatic heterocycles. The lowest BCUT2D eigenvalue weighted by atomic mass is 10.2. The number of halogens is 2. The van der Waals surface area contributed by atoms with Crippen molar-refractivity contribution in [3.63, 3.8) is 0 Å². The molecule has 0 unspecified atom stereocenters. The summed E-state index contributed by atoms with van der Waals surface area (Å²) in [5, 5.41) is 0.663. The van der Waals surface area contributed by atoms with E-state index in [-0.39, 0.29) is 0 Å². The summed E-state index contributed by atoms with van der Waals surface area (Å²) in [6, 6.07) is 10.2. The second-order valence-corrected chi connectivity index (χ2v) is 5.38. The third kappa shape index (κ3) is 4.91. The summed E-state index contributed by atoms with van der Waals surface area (Å²) in [6.07, 6.45) is 2.88. The molecular weight excluding hydrogens is 337 g/mol. The maximum Gasteiger partial charge on any atom is 0.330 e. The van der Waals surface area contributed by atoms with Crippen molar-refractivity contribution in [1.82, 2.24) is 0 Å². The van der Waals surface area contributed by atoms with E-state index in [1.807, 2.05) is 0 Å². The van der Waals surface area contributed by atoms with Gasteiger partial charge in [-0.1, -0.05) is 23.2 Å². The van der Waals surface area contributed by atoms with Gasteiger partial charge in [0.15, 0.2) is 5.75 Å². The first-order chi connectivity index (χ1) is 11.0. The van der Waals surface area contributed by atoms with Crippen molar-refractivity contribution < 1.29 is 14.3 Å². The fourth-order valence-electron chi connectivity index (χ4n) is 1.78. The predicted octanol–water partition coefficient (Wildman–Crippen LogP) is 4.94. The zero-order chi connectivity index (χ0) is 16.8. The van der Waals surface area contributed by atoms with E-state index in [4.69, 9.17) is 38.4 Å². The summed E-state index contributed by atoms with van der Waals surface area (Å²) in [6.45, 7) is 2.06. The summed E-state index contributed by atoms with van der Waals surface area (Å²) in [5.74, 6) is 0.478. The first-order valence-corrected chi connectivity index (χ1v) is 7.62. The van der Waals surface area contributed by atoms with Crippen LogP contribution in [0.25, 0.3) is 6.08 Å². The Hall–Kier alpha value is -2.17. The van der Waals surface area contributed by atoms with Gasteiger partial charge in [0, 0.05) is 11.8 Å². The molecule has 0 amide bonds. The molecule has 0 saturated heterocycles. The summed E-state index contributed by atoms with van der Waals surface area (Å²) in [7, 11) is 0. The summed E-state index contributed by atoms with van der Waals surface area (Å²) in [4.78, 5) is 11.3. The van der Waals surface area contributed by atoms with E-state index in [1.54, 1.807) is 49.4 Å². The maximum absolute atomic E-state index is 11.3. The Labute approximate surface area is 144 Å². The molecule has 2 rings (SSSR count). The normalized spacial score (nSPS) is 10.7. The standard InChI is InChI=1S/C17H15Cl2NO3/c1-2-22-16(21)8-3-11-9-14(18)17(15(19)10-11)23-13-6-4-12(20)5-7-13/h3-10H,2,20H2,1H3. The molecule has 2 N–H and O–H groups in total. The third-order valence-electron chi connectivity index (χ3n) is 2.82. The highest BCUT2D eigenvalue weighted by molar-refractivity contribution is 6.37. The minimum absolute atomic E-state index is 0.319. The summed E-state index contributed by atoms with van der Waals surface area (Å²) in [5.41, 5.74) is 6.92. The van der Waals surface area contributed by atoms with Gasteiger partial charge in [-0.15, -0.1) is 0 Å². The van der Waals surface area contributed by atoms with Crippen LogP contribution in [-0.4, -0.2) is 12.6 Å². The van der Waals surface area contributed by atoms with E-state index in [1.165, 1.54) is 6.08 Å². The highest BCUT2D eigenvalue weighted by Gasteiger charge is 2.10. The van der Waals surface area contributed by atoms with Crippen LogP contribution in [0.4, 0.5) is 5.69 Å². The number of ether oxygens (including phenoxy) is 2. The van der Waals surface area contributed by atoms with E-state index in [0.29, 0.717) is 39.4 Å². The molecular formula is C17H15Cl2NO3. The minimum atomic E-state index is -0.429.